The number of nitrogens with zero attached hydrogens (tertiary/aromatic N) is 4. The first-order chi connectivity index (χ1) is 12.9. The summed E-state index contributed by atoms with van der Waals surface area (Å²) >= 11 is 0. The van der Waals surface area contributed by atoms with Crippen LogP contribution in [-0.2, 0) is 4.74 Å². The number of nitrogens with one attached hydrogen (secondary N) is 1. The van der Waals surface area contributed by atoms with E-state index in [4.69, 9.17) is 9.26 Å². The van der Waals surface area contributed by atoms with Crippen LogP contribution in [0.3, 0.4) is 0 Å². The molecule has 4 heterocycles. The van der Waals surface area contributed by atoms with Crippen molar-refractivity contribution in [3.63, 3.8) is 0 Å². The van der Waals surface area contributed by atoms with Gasteiger partial charge in [-0.1, -0.05) is 17.3 Å². The van der Waals surface area contributed by atoms with Crippen LogP contribution < -0.4 is 5.32 Å². The van der Waals surface area contributed by atoms with Crippen LogP contribution >= 0.6 is 0 Å². The fourth-order valence-corrected chi connectivity index (χ4v) is 3.97. The first-order valence-electron chi connectivity index (χ1n) is 9.48. The Hall–Kier alpha value is -2.25. The number of hydrogen-bond acceptors (Lipinski definition) is 6. The summed E-state index contributed by atoms with van der Waals surface area (Å²) in [5, 5.41) is 13.3. The second-order valence-corrected chi connectivity index (χ2v) is 7.21. The lowest BCUT2D eigenvalue weighted by Gasteiger charge is -2.23. The van der Waals surface area contributed by atoms with Gasteiger partial charge >= 0.3 is 0 Å². The van der Waals surface area contributed by atoms with E-state index in [1.165, 1.54) is 0 Å². The number of hydrogen-bond donors (Lipinski definition) is 1. The predicted octanol–water partition coefficient (Wildman–Crippen LogP) is 2.90. The maximum absolute atomic E-state index is 5.63. The Morgan fingerprint density at radius 2 is 2.08 bits per heavy atom. The average Bonchev–Trinajstić information content (AvgIpc) is 3.36. The van der Waals surface area contributed by atoms with Gasteiger partial charge in [0.2, 0.25) is 11.7 Å². The molecule has 2 saturated heterocycles. The minimum Gasteiger partial charge on any atom is -0.379 e. The summed E-state index contributed by atoms with van der Waals surface area (Å²) in [5.74, 6) is 1.79. The zero-order valence-electron chi connectivity index (χ0n) is 14.7. The standard InChI is InChI=1S/C19H23N5O2/c1-2-16(12-25-9-1)24-17-10-14(3-4-15(17)11-21-24)18-22-19(26-23-18)13-5-7-20-8-6-13/h3-4,10-11,13,16,20H,1-2,5-9,12H2. The van der Waals surface area contributed by atoms with Gasteiger partial charge in [-0.2, -0.15) is 10.1 Å². The third-order valence-corrected chi connectivity index (χ3v) is 5.47. The smallest absolute Gasteiger partial charge is 0.230 e. The number of fused-ring (bicyclic) bond motifs is 1. The second kappa shape index (κ2) is 6.81. The molecule has 3 aromatic rings. The molecule has 2 aliphatic heterocycles. The minimum absolute atomic E-state index is 0.298. The minimum atomic E-state index is 0.298. The summed E-state index contributed by atoms with van der Waals surface area (Å²) in [6.45, 7) is 3.60. The molecule has 2 fully saturated rings. The van der Waals surface area contributed by atoms with Crippen LogP contribution in [0, 0.1) is 0 Å². The Morgan fingerprint density at radius 3 is 2.92 bits per heavy atom. The van der Waals surface area contributed by atoms with Crippen molar-refractivity contribution in [3.8, 4) is 11.4 Å². The van der Waals surface area contributed by atoms with Crippen molar-refractivity contribution in [2.24, 2.45) is 0 Å². The van der Waals surface area contributed by atoms with Crippen LogP contribution in [0.5, 0.6) is 0 Å². The predicted molar refractivity (Wildman–Crippen MR) is 97.0 cm³/mol. The molecule has 5 rings (SSSR count). The van der Waals surface area contributed by atoms with Gasteiger partial charge in [0.15, 0.2) is 0 Å². The number of piperidine rings is 1. The van der Waals surface area contributed by atoms with Gasteiger partial charge < -0.3 is 14.6 Å². The van der Waals surface area contributed by atoms with Crippen LogP contribution in [0.15, 0.2) is 28.9 Å². The van der Waals surface area contributed by atoms with Crippen LogP contribution in [0.1, 0.15) is 43.5 Å². The van der Waals surface area contributed by atoms with Gasteiger partial charge in [0.05, 0.1) is 24.4 Å². The third kappa shape index (κ3) is 2.91. The maximum Gasteiger partial charge on any atom is 0.230 e. The van der Waals surface area contributed by atoms with Gasteiger partial charge in [0.25, 0.3) is 0 Å². The molecule has 0 radical (unpaired) electrons. The summed E-state index contributed by atoms with van der Waals surface area (Å²) in [6, 6.07) is 6.54. The molecule has 0 bridgehead atoms. The quantitative estimate of drug-likeness (QED) is 0.780. The maximum atomic E-state index is 5.63. The number of rotatable bonds is 3. The van der Waals surface area contributed by atoms with Crippen LogP contribution in [-0.4, -0.2) is 46.2 Å². The zero-order chi connectivity index (χ0) is 17.3. The van der Waals surface area contributed by atoms with Gasteiger partial charge in [-0.05, 0) is 44.8 Å². The Kier molecular flexibility index (Phi) is 4.18. The fraction of sp³-hybridized carbons (Fsp3) is 0.526. The molecular formula is C19H23N5O2. The van der Waals surface area contributed by atoms with E-state index in [0.29, 0.717) is 17.8 Å². The first kappa shape index (κ1) is 16.0. The van der Waals surface area contributed by atoms with Crippen LogP contribution in [0.25, 0.3) is 22.3 Å². The first-order valence-corrected chi connectivity index (χ1v) is 9.48. The molecule has 26 heavy (non-hydrogen) atoms. The van der Waals surface area contributed by atoms with E-state index in [1.807, 2.05) is 12.3 Å². The lowest BCUT2D eigenvalue weighted by Crippen LogP contribution is -2.26. The Morgan fingerprint density at radius 1 is 1.15 bits per heavy atom. The molecule has 2 aromatic heterocycles. The Bertz CT molecular complexity index is 890. The lowest BCUT2D eigenvalue weighted by molar-refractivity contribution is 0.0565. The molecule has 0 spiro atoms. The second-order valence-electron chi connectivity index (χ2n) is 7.21. The topological polar surface area (TPSA) is 78.0 Å². The van der Waals surface area contributed by atoms with Crippen molar-refractivity contribution in [2.45, 2.75) is 37.6 Å². The monoisotopic (exact) mass is 353 g/mol. The van der Waals surface area contributed by atoms with Gasteiger partial charge in [0.1, 0.15) is 0 Å². The van der Waals surface area contributed by atoms with Crippen LogP contribution in [0.4, 0.5) is 0 Å². The molecule has 7 heteroatoms. The van der Waals surface area contributed by atoms with Crippen molar-refractivity contribution < 1.29 is 9.26 Å². The highest BCUT2D eigenvalue weighted by atomic mass is 16.5. The highest BCUT2D eigenvalue weighted by Crippen LogP contribution is 2.29. The number of benzene rings is 1. The van der Waals surface area contributed by atoms with E-state index in [2.05, 4.69) is 37.4 Å². The Balaban J connectivity index is 1.46. The fourth-order valence-electron chi connectivity index (χ4n) is 3.97. The zero-order valence-corrected chi connectivity index (χ0v) is 14.7. The highest BCUT2D eigenvalue weighted by molar-refractivity contribution is 5.83. The number of ether oxygens (including phenoxy) is 1. The average molecular weight is 353 g/mol. The van der Waals surface area contributed by atoms with Crippen molar-refractivity contribution >= 4 is 10.9 Å². The summed E-state index contributed by atoms with van der Waals surface area (Å²) in [6.07, 6.45) is 6.20. The van der Waals surface area contributed by atoms with Gasteiger partial charge in [-0.25, -0.2) is 0 Å². The molecule has 136 valence electrons. The number of aromatic nitrogens is 4. The SMILES string of the molecule is c1cc2cnn(C3CCCOC3)c2cc1-c1noc(C2CCNCC2)n1. The van der Waals surface area contributed by atoms with E-state index in [-0.39, 0.29) is 0 Å². The highest BCUT2D eigenvalue weighted by Gasteiger charge is 2.23. The van der Waals surface area contributed by atoms with Crippen molar-refractivity contribution in [1.82, 2.24) is 25.2 Å². The molecule has 0 aliphatic carbocycles. The molecule has 1 atom stereocenters. The molecule has 0 amide bonds. The summed E-state index contributed by atoms with van der Waals surface area (Å²) < 4.78 is 13.3. The largest absolute Gasteiger partial charge is 0.379 e. The molecule has 7 nitrogen and oxygen atoms in total. The molecule has 1 N–H and O–H groups in total. The van der Waals surface area contributed by atoms with Gasteiger partial charge in [0, 0.05) is 23.5 Å². The summed E-state index contributed by atoms with van der Waals surface area (Å²) in [7, 11) is 0. The van der Waals surface area contributed by atoms with Gasteiger partial charge in [-0.3, -0.25) is 4.68 Å². The van der Waals surface area contributed by atoms with E-state index in [9.17, 15) is 0 Å². The van der Waals surface area contributed by atoms with Crippen molar-refractivity contribution in [2.75, 3.05) is 26.3 Å². The molecule has 1 aromatic carbocycles. The van der Waals surface area contributed by atoms with Crippen molar-refractivity contribution in [3.05, 3.63) is 30.3 Å². The lowest BCUT2D eigenvalue weighted by atomic mass is 9.98. The summed E-state index contributed by atoms with van der Waals surface area (Å²) in [4.78, 5) is 4.68. The molecular weight excluding hydrogens is 330 g/mol. The van der Waals surface area contributed by atoms with E-state index in [1.54, 1.807) is 0 Å². The molecule has 2 aliphatic rings. The van der Waals surface area contributed by atoms with E-state index < -0.39 is 0 Å². The van der Waals surface area contributed by atoms with E-state index in [0.717, 1.165) is 74.3 Å². The third-order valence-electron chi connectivity index (χ3n) is 5.47. The molecule has 0 saturated carbocycles. The Labute approximate surface area is 151 Å². The van der Waals surface area contributed by atoms with E-state index >= 15 is 0 Å². The van der Waals surface area contributed by atoms with Crippen LogP contribution in [0.2, 0.25) is 0 Å². The normalized spacial score (nSPS) is 22.1. The van der Waals surface area contributed by atoms with Crippen molar-refractivity contribution in [1.29, 1.82) is 0 Å². The summed E-state index contributed by atoms with van der Waals surface area (Å²) in [5.41, 5.74) is 2.08. The molecule has 1 unspecified atom stereocenters. The van der Waals surface area contributed by atoms with Gasteiger partial charge in [-0.15, -0.1) is 0 Å².